The van der Waals surface area contributed by atoms with Gasteiger partial charge in [-0.2, -0.15) is 0 Å². The van der Waals surface area contributed by atoms with Crippen molar-refractivity contribution in [3.05, 3.63) is 54.6 Å². The zero-order valence-electron chi connectivity index (χ0n) is 10.3. The minimum absolute atomic E-state index is 0.315. The molecule has 0 amide bonds. The molecule has 0 saturated heterocycles. The normalized spacial score (nSPS) is 10.9. The molecule has 0 aliphatic carbocycles. The van der Waals surface area contributed by atoms with Crippen LogP contribution in [0.25, 0.3) is 22.2 Å². The number of phenols is 1. The topological polar surface area (TPSA) is 25.2 Å². The van der Waals surface area contributed by atoms with Crippen LogP contribution in [0.4, 0.5) is 0 Å². The first-order chi connectivity index (χ1) is 8.79. The van der Waals surface area contributed by atoms with Crippen LogP contribution in [-0.2, 0) is 6.54 Å². The van der Waals surface area contributed by atoms with E-state index in [9.17, 15) is 5.11 Å². The van der Waals surface area contributed by atoms with Gasteiger partial charge < -0.3 is 9.67 Å². The van der Waals surface area contributed by atoms with Gasteiger partial charge in [-0.3, -0.25) is 0 Å². The molecule has 0 aliphatic rings. The zero-order valence-corrected chi connectivity index (χ0v) is 10.3. The second-order valence-corrected chi connectivity index (χ2v) is 4.38. The molecule has 3 rings (SSSR count). The fraction of sp³-hybridized carbons (Fsp3) is 0.125. The molecule has 3 aromatic rings. The van der Waals surface area contributed by atoms with Crippen molar-refractivity contribution in [1.29, 1.82) is 0 Å². The molecular formula is C16H15NO. The molecule has 90 valence electrons. The van der Waals surface area contributed by atoms with E-state index in [-0.39, 0.29) is 0 Å². The third-order valence-electron chi connectivity index (χ3n) is 3.27. The van der Waals surface area contributed by atoms with E-state index in [2.05, 4.69) is 29.7 Å². The summed E-state index contributed by atoms with van der Waals surface area (Å²) in [5.41, 5.74) is 3.56. The van der Waals surface area contributed by atoms with E-state index in [1.165, 1.54) is 11.3 Å². The fourth-order valence-corrected chi connectivity index (χ4v) is 2.45. The standard InChI is InChI=1S/C16H15NO/c1-2-17-15-9-8-14(18)10-13(15)11-16(17)12-6-4-3-5-7-12/h3-11,18H,2H2,1H3. The van der Waals surface area contributed by atoms with Crippen molar-refractivity contribution in [3.8, 4) is 17.0 Å². The summed E-state index contributed by atoms with van der Waals surface area (Å²) >= 11 is 0. The molecule has 0 saturated carbocycles. The van der Waals surface area contributed by atoms with Crippen LogP contribution in [0, 0.1) is 0 Å². The number of hydrogen-bond acceptors (Lipinski definition) is 1. The molecule has 0 radical (unpaired) electrons. The summed E-state index contributed by atoms with van der Waals surface area (Å²) in [5.74, 6) is 0.315. The quantitative estimate of drug-likeness (QED) is 0.715. The molecule has 2 heteroatoms. The van der Waals surface area contributed by atoms with E-state index in [0.717, 1.165) is 17.4 Å². The van der Waals surface area contributed by atoms with Crippen LogP contribution < -0.4 is 0 Å². The van der Waals surface area contributed by atoms with Crippen LogP contribution in [0.5, 0.6) is 5.75 Å². The Morgan fingerprint density at radius 1 is 1.00 bits per heavy atom. The van der Waals surface area contributed by atoms with Gasteiger partial charge in [0.25, 0.3) is 0 Å². The van der Waals surface area contributed by atoms with E-state index < -0.39 is 0 Å². The van der Waals surface area contributed by atoms with Crippen LogP contribution >= 0.6 is 0 Å². The molecule has 1 N–H and O–H groups in total. The molecule has 1 aromatic heterocycles. The van der Waals surface area contributed by atoms with Crippen molar-refractivity contribution in [2.24, 2.45) is 0 Å². The van der Waals surface area contributed by atoms with Crippen molar-refractivity contribution in [1.82, 2.24) is 4.57 Å². The fourth-order valence-electron chi connectivity index (χ4n) is 2.45. The number of fused-ring (bicyclic) bond motifs is 1. The van der Waals surface area contributed by atoms with Crippen LogP contribution in [-0.4, -0.2) is 9.67 Å². The van der Waals surface area contributed by atoms with Gasteiger partial charge in [0.2, 0.25) is 0 Å². The van der Waals surface area contributed by atoms with Crippen LogP contribution in [0.3, 0.4) is 0 Å². The second-order valence-electron chi connectivity index (χ2n) is 4.38. The van der Waals surface area contributed by atoms with E-state index in [1.54, 1.807) is 6.07 Å². The number of aromatic nitrogens is 1. The van der Waals surface area contributed by atoms with Gasteiger partial charge in [-0.1, -0.05) is 30.3 Å². The lowest BCUT2D eigenvalue weighted by molar-refractivity contribution is 0.476. The van der Waals surface area contributed by atoms with Gasteiger partial charge in [0.05, 0.1) is 0 Å². The Balaban J connectivity index is 2.29. The van der Waals surface area contributed by atoms with E-state index in [0.29, 0.717) is 5.75 Å². The van der Waals surface area contributed by atoms with Crippen molar-refractivity contribution in [3.63, 3.8) is 0 Å². The highest BCUT2D eigenvalue weighted by atomic mass is 16.3. The Morgan fingerprint density at radius 3 is 2.50 bits per heavy atom. The number of aryl methyl sites for hydroxylation is 1. The smallest absolute Gasteiger partial charge is 0.116 e. The number of benzene rings is 2. The minimum atomic E-state index is 0.315. The van der Waals surface area contributed by atoms with Gasteiger partial charge in [0.15, 0.2) is 0 Å². The highest BCUT2D eigenvalue weighted by molar-refractivity contribution is 5.88. The molecule has 1 heterocycles. The van der Waals surface area contributed by atoms with E-state index in [1.807, 2.05) is 30.3 Å². The monoisotopic (exact) mass is 237 g/mol. The van der Waals surface area contributed by atoms with E-state index in [4.69, 9.17) is 0 Å². The Bertz CT molecular complexity index is 683. The Kier molecular flexibility index (Phi) is 2.56. The van der Waals surface area contributed by atoms with Crippen LogP contribution in [0.1, 0.15) is 6.92 Å². The van der Waals surface area contributed by atoms with Gasteiger partial charge in [-0.15, -0.1) is 0 Å². The average Bonchev–Trinajstić information content (AvgIpc) is 2.77. The van der Waals surface area contributed by atoms with Crippen molar-refractivity contribution >= 4 is 10.9 Å². The molecule has 0 bridgehead atoms. The maximum absolute atomic E-state index is 9.56. The van der Waals surface area contributed by atoms with E-state index >= 15 is 0 Å². The molecule has 0 aliphatic heterocycles. The summed E-state index contributed by atoms with van der Waals surface area (Å²) in [6.45, 7) is 3.05. The highest BCUT2D eigenvalue weighted by Gasteiger charge is 2.09. The summed E-state index contributed by atoms with van der Waals surface area (Å²) in [5, 5.41) is 10.6. The largest absolute Gasteiger partial charge is 0.508 e. The van der Waals surface area contributed by atoms with Crippen molar-refractivity contribution in [2.45, 2.75) is 13.5 Å². The lowest BCUT2D eigenvalue weighted by atomic mass is 10.1. The zero-order chi connectivity index (χ0) is 12.5. The molecule has 2 nitrogen and oxygen atoms in total. The second kappa shape index (κ2) is 4.22. The summed E-state index contributed by atoms with van der Waals surface area (Å²) in [4.78, 5) is 0. The SMILES string of the molecule is CCn1c(-c2ccccc2)cc2cc(O)ccc21. The third kappa shape index (κ3) is 1.66. The summed E-state index contributed by atoms with van der Waals surface area (Å²) < 4.78 is 2.27. The predicted octanol–water partition coefficient (Wildman–Crippen LogP) is 4.03. The maximum atomic E-state index is 9.56. The Hall–Kier alpha value is -2.22. The molecule has 0 fully saturated rings. The molecule has 2 aromatic carbocycles. The molecule has 0 spiro atoms. The van der Waals surface area contributed by atoms with Crippen LogP contribution in [0.15, 0.2) is 54.6 Å². The Labute approximate surface area is 106 Å². The lowest BCUT2D eigenvalue weighted by Gasteiger charge is -2.07. The van der Waals surface area contributed by atoms with Gasteiger partial charge in [0, 0.05) is 23.1 Å². The maximum Gasteiger partial charge on any atom is 0.116 e. The molecule has 0 unspecified atom stereocenters. The first-order valence-electron chi connectivity index (χ1n) is 6.17. The third-order valence-corrected chi connectivity index (χ3v) is 3.27. The van der Waals surface area contributed by atoms with Crippen LogP contribution in [0.2, 0.25) is 0 Å². The molecular weight excluding hydrogens is 222 g/mol. The molecule has 0 atom stereocenters. The Morgan fingerprint density at radius 2 is 1.78 bits per heavy atom. The summed E-state index contributed by atoms with van der Waals surface area (Å²) in [7, 11) is 0. The summed E-state index contributed by atoms with van der Waals surface area (Å²) in [6, 6.07) is 18.0. The van der Waals surface area contributed by atoms with Gasteiger partial charge in [-0.05, 0) is 36.8 Å². The lowest BCUT2D eigenvalue weighted by Crippen LogP contribution is -1.96. The number of phenolic OH excluding ortho intramolecular Hbond substituents is 1. The number of rotatable bonds is 2. The van der Waals surface area contributed by atoms with Gasteiger partial charge >= 0.3 is 0 Å². The average molecular weight is 237 g/mol. The predicted molar refractivity (Wildman–Crippen MR) is 74.7 cm³/mol. The van der Waals surface area contributed by atoms with Gasteiger partial charge in [-0.25, -0.2) is 0 Å². The number of aromatic hydroxyl groups is 1. The van der Waals surface area contributed by atoms with Crippen molar-refractivity contribution < 1.29 is 5.11 Å². The molecule has 18 heavy (non-hydrogen) atoms. The number of hydrogen-bond donors (Lipinski definition) is 1. The first-order valence-corrected chi connectivity index (χ1v) is 6.17. The number of nitrogens with zero attached hydrogens (tertiary/aromatic N) is 1. The van der Waals surface area contributed by atoms with Gasteiger partial charge in [0.1, 0.15) is 5.75 Å². The highest BCUT2D eigenvalue weighted by Crippen LogP contribution is 2.30. The van der Waals surface area contributed by atoms with Crippen molar-refractivity contribution in [2.75, 3.05) is 0 Å². The first kappa shape index (κ1) is 10.9. The minimum Gasteiger partial charge on any atom is -0.508 e. The summed E-state index contributed by atoms with van der Waals surface area (Å²) in [6.07, 6.45) is 0.